The number of hydrogen-bond donors (Lipinski definition) is 0. The molecule has 0 aliphatic rings. The van der Waals surface area contributed by atoms with Gasteiger partial charge in [0.2, 0.25) is 0 Å². The second-order valence-corrected chi connectivity index (χ2v) is 4.55. The van der Waals surface area contributed by atoms with Gasteiger partial charge >= 0.3 is 26.2 Å². The van der Waals surface area contributed by atoms with Gasteiger partial charge in [-0.1, -0.05) is 60.7 Å². The minimum atomic E-state index is 0. The van der Waals surface area contributed by atoms with Crippen molar-refractivity contribution in [2.45, 2.75) is 0 Å². The van der Waals surface area contributed by atoms with Gasteiger partial charge in [0.25, 0.3) is 0 Å². The zero-order valence-electron chi connectivity index (χ0n) is 13.9. The van der Waals surface area contributed by atoms with E-state index in [9.17, 15) is 10.2 Å². The monoisotopic (exact) mass is 406 g/mol. The summed E-state index contributed by atoms with van der Waals surface area (Å²) in [6.07, 6.45) is 0. The van der Waals surface area contributed by atoms with E-state index < -0.39 is 0 Å². The summed E-state index contributed by atoms with van der Waals surface area (Å²) in [6, 6.07) is 36.7. The maximum absolute atomic E-state index is 10.3. The molecule has 4 rings (SSSR count). The summed E-state index contributed by atoms with van der Waals surface area (Å²) in [7, 11) is 0. The first kappa shape index (κ1) is 22.6. The molecule has 4 aromatic carbocycles. The molecule has 0 spiro atoms. The maximum atomic E-state index is 10.3. The number of para-hydroxylation sites is 2. The van der Waals surface area contributed by atoms with Crippen LogP contribution in [0.4, 0.5) is 0 Å². The van der Waals surface area contributed by atoms with Crippen LogP contribution in [0.15, 0.2) is 121 Å². The van der Waals surface area contributed by atoms with Crippen molar-refractivity contribution in [2.24, 2.45) is 0 Å². The van der Waals surface area contributed by atoms with Gasteiger partial charge in [-0.25, -0.2) is 24.3 Å². The van der Waals surface area contributed by atoms with Crippen molar-refractivity contribution in [1.29, 1.82) is 0 Å². The normalized spacial score (nSPS) is 8.00. The van der Waals surface area contributed by atoms with Crippen molar-refractivity contribution < 1.29 is 36.4 Å². The molecule has 0 aliphatic heterocycles. The molecule has 3 heteroatoms. The van der Waals surface area contributed by atoms with E-state index in [-0.39, 0.29) is 37.7 Å². The minimum Gasteiger partial charge on any atom is -0.872 e. The Morgan fingerprint density at radius 2 is 0.720 bits per heavy atom. The van der Waals surface area contributed by atoms with E-state index in [1.165, 1.54) is 24.3 Å². The molecule has 0 bridgehead atoms. The molecular weight excluding hydrogens is 387 g/mol. The third kappa shape index (κ3) is 14.9. The van der Waals surface area contributed by atoms with Crippen LogP contribution in [0.2, 0.25) is 0 Å². The molecule has 0 N–H and O–H groups in total. The fourth-order valence-corrected chi connectivity index (χ4v) is 1.48. The van der Waals surface area contributed by atoms with Gasteiger partial charge in [-0.15, -0.1) is 11.5 Å². The van der Waals surface area contributed by atoms with Gasteiger partial charge in [-0.2, -0.15) is 36.4 Å². The van der Waals surface area contributed by atoms with Crippen LogP contribution in [0.5, 0.6) is 11.5 Å². The second-order valence-electron chi connectivity index (χ2n) is 4.55. The van der Waals surface area contributed by atoms with E-state index >= 15 is 0 Å². The quantitative estimate of drug-likeness (QED) is 0.407. The van der Waals surface area contributed by atoms with Gasteiger partial charge < -0.3 is 10.2 Å². The van der Waals surface area contributed by atoms with Crippen molar-refractivity contribution in [2.75, 3.05) is 0 Å². The fraction of sp³-hybridized carbons (Fsp3) is 0. The molecule has 126 valence electrons. The van der Waals surface area contributed by atoms with Gasteiger partial charge in [0.05, 0.1) is 0 Å². The van der Waals surface area contributed by atoms with Crippen LogP contribution in [0.1, 0.15) is 0 Å². The predicted octanol–water partition coefficient (Wildman–Crippen LogP) is 4.33. The molecular formula is C22H20O2Zr-2. The molecule has 0 saturated carbocycles. The molecule has 0 amide bonds. The van der Waals surface area contributed by atoms with Crippen LogP contribution in [0.3, 0.4) is 0 Å². The average Bonchev–Trinajstić information content (AvgIpc) is 3.36. The second kappa shape index (κ2) is 16.5. The van der Waals surface area contributed by atoms with Crippen LogP contribution in [0, 0.1) is 0 Å². The van der Waals surface area contributed by atoms with Crippen LogP contribution in [-0.4, -0.2) is 0 Å². The zero-order chi connectivity index (χ0) is 17.3. The SMILES string of the molecule is [O-]c1ccccc1.[O-]c1ccccc1.[Zr+2].c1cc[cH-]c1.c1cc[cH-]c1. The molecule has 2 nitrogen and oxygen atoms in total. The molecule has 0 heterocycles. The van der Waals surface area contributed by atoms with E-state index in [0.717, 1.165) is 0 Å². The topological polar surface area (TPSA) is 46.1 Å². The van der Waals surface area contributed by atoms with Crippen LogP contribution >= 0.6 is 0 Å². The molecule has 25 heavy (non-hydrogen) atoms. The Bertz CT molecular complexity index is 577. The van der Waals surface area contributed by atoms with E-state index in [0.29, 0.717) is 0 Å². The van der Waals surface area contributed by atoms with E-state index in [2.05, 4.69) is 0 Å². The van der Waals surface area contributed by atoms with Gasteiger partial charge in [-0.3, -0.25) is 0 Å². The Hall–Kier alpha value is -2.38. The van der Waals surface area contributed by atoms with Crippen LogP contribution < -0.4 is 10.2 Å². The molecule has 0 aliphatic carbocycles. The summed E-state index contributed by atoms with van der Waals surface area (Å²) < 4.78 is 0. The Balaban J connectivity index is 0.000000307. The maximum Gasteiger partial charge on any atom is 2.00 e. The summed E-state index contributed by atoms with van der Waals surface area (Å²) in [5, 5.41) is 20.5. The first-order valence-electron chi connectivity index (χ1n) is 7.56. The van der Waals surface area contributed by atoms with Crippen LogP contribution in [-0.2, 0) is 26.2 Å². The average molecular weight is 408 g/mol. The Morgan fingerprint density at radius 3 is 0.840 bits per heavy atom. The van der Waals surface area contributed by atoms with Gasteiger partial charge in [0, 0.05) is 0 Å². The van der Waals surface area contributed by atoms with E-state index in [1.807, 2.05) is 72.8 Å². The summed E-state index contributed by atoms with van der Waals surface area (Å²) in [6.45, 7) is 0. The first-order valence-corrected chi connectivity index (χ1v) is 7.56. The third-order valence-electron chi connectivity index (χ3n) is 2.60. The predicted molar refractivity (Wildman–Crippen MR) is 95.8 cm³/mol. The Labute approximate surface area is 168 Å². The van der Waals surface area contributed by atoms with Crippen molar-refractivity contribution >= 4 is 0 Å². The van der Waals surface area contributed by atoms with E-state index in [4.69, 9.17) is 0 Å². The van der Waals surface area contributed by atoms with Crippen molar-refractivity contribution in [3.8, 4) is 11.5 Å². The summed E-state index contributed by atoms with van der Waals surface area (Å²) in [5.41, 5.74) is 0. The Kier molecular flexibility index (Phi) is 14.9. The molecule has 4 aromatic rings. The first-order chi connectivity index (χ1) is 11.8. The largest absolute Gasteiger partial charge is 2.00 e. The Morgan fingerprint density at radius 1 is 0.440 bits per heavy atom. The number of benzene rings is 2. The van der Waals surface area contributed by atoms with Crippen molar-refractivity contribution in [1.82, 2.24) is 0 Å². The van der Waals surface area contributed by atoms with Gasteiger partial charge in [-0.05, 0) is 0 Å². The molecule has 0 unspecified atom stereocenters. The molecule has 0 saturated heterocycles. The third-order valence-corrected chi connectivity index (χ3v) is 2.60. The van der Waals surface area contributed by atoms with E-state index in [1.54, 1.807) is 24.3 Å². The number of rotatable bonds is 0. The smallest absolute Gasteiger partial charge is 0.872 e. The van der Waals surface area contributed by atoms with Crippen LogP contribution in [0.25, 0.3) is 0 Å². The number of hydrogen-bond acceptors (Lipinski definition) is 2. The summed E-state index contributed by atoms with van der Waals surface area (Å²) in [5.74, 6) is 0.144. The molecule has 0 radical (unpaired) electrons. The molecule has 0 fully saturated rings. The fourth-order valence-electron chi connectivity index (χ4n) is 1.48. The van der Waals surface area contributed by atoms with Crippen molar-refractivity contribution in [3.05, 3.63) is 121 Å². The minimum absolute atomic E-state index is 0. The van der Waals surface area contributed by atoms with Crippen molar-refractivity contribution in [3.63, 3.8) is 0 Å². The molecule has 0 atom stereocenters. The standard InChI is InChI=1S/2C6H6O.2C5H5.Zr/c2*7-6-4-2-1-3-5-6;2*1-2-4-5-3-1;/h2*1-5,7H;2*1-5H;/q;;2*-1;+2/p-2. The van der Waals surface area contributed by atoms with Gasteiger partial charge in [0.15, 0.2) is 0 Å². The van der Waals surface area contributed by atoms with Gasteiger partial charge in [0.1, 0.15) is 0 Å². The zero-order valence-corrected chi connectivity index (χ0v) is 16.3. The molecule has 0 aromatic heterocycles. The summed E-state index contributed by atoms with van der Waals surface area (Å²) >= 11 is 0. The summed E-state index contributed by atoms with van der Waals surface area (Å²) in [4.78, 5) is 0.